The van der Waals surface area contributed by atoms with Crippen molar-refractivity contribution in [3.05, 3.63) is 34.3 Å². The van der Waals surface area contributed by atoms with E-state index in [1.54, 1.807) is 39.8 Å². The van der Waals surface area contributed by atoms with E-state index in [4.69, 9.17) is 18.9 Å². The van der Waals surface area contributed by atoms with Gasteiger partial charge in [-0.2, -0.15) is 0 Å². The summed E-state index contributed by atoms with van der Waals surface area (Å²) in [5.41, 5.74) is 4.83. The van der Waals surface area contributed by atoms with Crippen LogP contribution in [0.15, 0.2) is 18.2 Å². The normalized spacial score (nSPS) is 13.4. The minimum atomic E-state index is 0.536. The van der Waals surface area contributed by atoms with Crippen LogP contribution in [0.25, 0.3) is 10.2 Å². The van der Waals surface area contributed by atoms with Crippen molar-refractivity contribution in [3.8, 4) is 23.0 Å². The molecule has 0 radical (unpaired) electrons. The third kappa shape index (κ3) is 10.5. The highest BCUT2D eigenvalue weighted by molar-refractivity contribution is 7.19. The Kier molecular flexibility index (Phi) is 16.6. The largest absolute Gasteiger partial charge is 0.496 e. The smallest absolute Gasteiger partial charge is 0.204 e. The maximum absolute atomic E-state index is 5.45. The number of ether oxygens (including phenoxy) is 4. The zero-order chi connectivity index (χ0) is 31.8. The maximum Gasteiger partial charge on any atom is 0.204 e. The molecule has 0 amide bonds. The number of nitrogens with zero attached hydrogens (tertiary/aromatic N) is 2. The monoisotopic (exact) mass is 615 g/mol. The van der Waals surface area contributed by atoms with Gasteiger partial charge in [0.05, 0.1) is 39.0 Å². The number of hydrogen-bond acceptors (Lipinski definition) is 8. The van der Waals surface area contributed by atoms with Crippen molar-refractivity contribution in [1.82, 2.24) is 9.88 Å². The molecule has 8 heteroatoms. The highest BCUT2D eigenvalue weighted by Gasteiger charge is 2.24. The quantitative estimate of drug-likeness (QED) is 0.182. The number of thiazole rings is 1. The lowest BCUT2D eigenvalue weighted by Gasteiger charge is -2.25. The first-order chi connectivity index (χ1) is 20.8. The zero-order valence-corrected chi connectivity index (χ0v) is 29.3. The van der Waals surface area contributed by atoms with Gasteiger partial charge in [0.2, 0.25) is 5.75 Å². The number of nitrogens with one attached hydrogen (secondary N) is 1. The van der Waals surface area contributed by atoms with Gasteiger partial charge in [0.15, 0.2) is 11.5 Å². The number of hydrogen-bond donors (Lipinski definition) is 1. The van der Waals surface area contributed by atoms with E-state index in [2.05, 4.69) is 68.9 Å². The van der Waals surface area contributed by atoms with Gasteiger partial charge < -0.3 is 29.2 Å². The van der Waals surface area contributed by atoms with Crippen molar-refractivity contribution < 1.29 is 18.9 Å². The second-order valence-corrected chi connectivity index (χ2v) is 12.1. The molecule has 1 aliphatic rings. The predicted molar refractivity (Wildman–Crippen MR) is 184 cm³/mol. The number of rotatable bonds is 14. The third-order valence-corrected chi connectivity index (χ3v) is 8.54. The van der Waals surface area contributed by atoms with Crippen molar-refractivity contribution in [2.45, 2.75) is 99.0 Å². The Labute approximate surface area is 265 Å². The van der Waals surface area contributed by atoms with Crippen molar-refractivity contribution in [2.75, 3.05) is 53.4 Å². The molecule has 0 aliphatic carbocycles. The summed E-state index contributed by atoms with van der Waals surface area (Å²) >= 11 is 1.63. The highest BCUT2D eigenvalue weighted by atomic mass is 32.1. The van der Waals surface area contributed by atoms with Crippen LogP contribution >= 0.6 is 11.3 Å². The van der Waals surface area contributed by atoms with Crippen LogP contribution in [-0.4, -0.2) is 64.0 Å². The van der Waals surface area contributed by atoms with Crippen LogP contribution in [0.1, 0.15) is 89.3 Å². The van der Waals surface area contributed by atoms with Gasteiger partial charge in [0.25, 0.3) is 0 Å². The van der Waals surface area contributed by atoms with Crippen molar-refractivity contribution in [3.63, 3.8) is 0 Å². The Hall–Kier alpha value is -2.71. The highest BCUT2D eigenvalue weighted by Crippen LogP contribution is 2.45. The first-order valence-corrected chi connectivity index (χ1v) is 16.9. The van der Waals surface area contributed by atoms with Crippen molar-refractivity contribution >= 4 is 27.2 Å². The molecule has 7 nitrogen and oxygen atoms in total. The van der Waals surface area contributed by atoms with E-state index in [0.29, 0.717) is 23.3 Å². The fraction of sp³-hybridized carbons (Fsp3) is 0.629. The number of anilines is 1. The van der Waals surface area contributed by atoms with Crippen molar-refractivity contribution in [1.29, 1.82) is 0 Å². The lowest BCUT2D eigenvalue weighted by molar-refractivity contribution is 0.257. The van der Waals surface area contributed by atoms with E-state index in [1.807, 2.05) is 6.07 Å². The summed E-state index contributed by atoms with van der Waals surface area (Å²) in [7, 11) is 6.59. The lowest BCUT2D eigenvalue weighted by atomic mass is 10.1. The number of aryl methyl sites for hydroxylation is 2. The van der Waals surface area contributed by atoms with Crippen LogP contribution in [0, 0.1) is 6.92 Å². The molecular weight excluding hydrogens is 558 g/mol. The number of aromatic nitrogens is 1. The molecule has 1 N–H and O–H groups in total. The van der Waals surface area contributed by atoms with Gasteiger partial charge in [0.1, 0.15) is 10.4 Å². The van der Waals surface area contributed by atoms with Gasteiger partial charge in [-0.05, 0) is 56.8 Å². The second-order valence-electron chi connectivity index (χ2n) is 11.0. The summed E-state index contributed by atoms with van der Waals surface area (Å²) < 4.78 is 22.5. The van der Waals surface area contributed by atoms with Crippen LogP contribution in [0.3, 0.4) is 0 Å². The zero-order valence-electron chi connectivity index (χ0n) is 28.5. The number of unbranched alkanes of at least 4 members (excludes halogenated alkanes) is 3. The predicted octanol–water partition coefficient (Wildman–Crippen LogP) is 8.93. The summed E-state index contributed by atoms with van der Waals surface area (Å²) in [5.74, 6) is 2.94. The Morgan fingerprint density at radius 3 is 2.12 bits per heavy atom. The molecule has 0 spiro atoms. The molecule has 1 aromatic heterocycles. The molecule has 0 bridgehead atoms. The molecule has 2 aromatic carbocycles. The van der Waals surface area contributed by atoms with Crippen LogP contribution in [-0.2, 0) is 12.8 Å². The average molecular weight is 616 g/mol. The van der Waals surface area contributed by atoms with Gasteiger partial charge in [-0.25, -0.2) is 4.98 Å². The van der Waals surface area contributed by atoms with Crippen LogP contribution in [0.4, 0.5) is 5.69 Å². The molecule has 3 aromatic rings. The molecule has 4 rings (SSSR count). The summed E-state index contributed by atoms with van der Waals surface area (Å²) in [5, 5.41) is 4.78. The second kappa shape index (κ2) is 19.5. The van der Waals surface area contributed by atoms with Gasteiger partial charge in [-0.15, -0.1) is 11.3 Å². The molecular formula is C35H57N3O4S. The van der Waals surface area contributed by atoms with E-state index >= 15 is 0 Å². The molecule has 2 heterocycles. The minimum Gasteiger partial charge on any atom is -0.496 e. The SMILES string of the molecule is CCC.CCCCCCN(CCC)CC1Cc2cc(C)c(OC)cc2N1.CCc1nc2cc(OC)c(OC)c(OC)c2s1. The summed E-state index contributed by atoms with van der Waals surface area (Å²) in [4.78, 5) is 7.17. The van der Waals surface area contributed by atoms with Crippen LogP contribution in [0.5, 0.6) is 23.0 Å². The van der Waals surface area contributed by atoms with E-state index in [9.17, 15) is 0 Å². The maximum atomic E-state index is 5.45. The fourth-order valence-corrected chi connectivity index (χ4v) is 6.33. The minimum absolute atomic E-state index is 0.536. The summed E-state index contributed by atoms with van der Waals surface area (Å²) in [6, 6.07) is 6.86. The number of fused-ring (bicyclic) bond motifs is 2. The molecule has 1 atom stereocenters. The average Bonchev–Trinajstić information content (AvgIpc) is 3.61. The van der Waals surface area contributed by atoms with E-state index in [1.165, 1.54) is 68.4 Å². The Morgan fingerprint density at radius 1 is 0.837 bits per heavy atom. The standard InChI is InChI=1S/C20H34N2O.C12H15NO3S.C3H8/c1-5-7-8-9-11-22(10-6-2)15-18-13-17-12-16(3)20(23-4)14-19(17)21-18;1-5-9-13-7-6-8(14-2)10(15-3)11(16-4)12(7)17-9;1-3-2/h12,14,18,21H,5-11,13,15H2,1-4H3;6H,5H2,1-4H3;3H2,1-2H3. The van der Waals surface area contributed by atoms with E-state index in [-0.39, 0.29) is 0 Å². The molecule has 43 heavy (non-hydrogen) atoms. The number of benzene rings is 2. The first kappa shape index (κ1) is 36.5. The first-order valence-electron chi connectivity index (χ1n) is 16.1. The Bertz CT molecular complexity index is 1230. The molecule has 0 saturated carbocycles. The van der Waals surface area contributed by atoms with Crippen LogP contribution < -0.4 is 24.3 Å². The Morgan fingerprint density at radius 2 is 1.53 bits per heavy atom. The van der Waals surface area contributed by atoms with Gasteiger partial charge in [-0.1, -0.05) is 66.4 Å². The molecule has 0 saturated heterocycles. The summed E-state index contributed by atoms with van der Waals surface area (Å²) in [6.45, 7) is 16.6. The Balaban J connectivity index is 0.000000285. The third-order valence-electron chi connectivity index (χ3n) is 7.33. The number of methoxy groups -OCH3 is 4. The van der Waals surface area contributed by atoms with E-state index < -0.39 is 0 Å². The van der Waals surface area contributed by atoms with Gasteiger partial charge in [-0.3, -0.25) is 0 Å². The lowest BCUT2D eigenvalue weighted by Crippen LogP contribution is -2.36. The van der Waals surface area contributed by atoms with Crippen molar-refractivity contribution in [2.24, 2.45) is 0 Å². The van der Waals surface area contributed by atoms with Crippen LogP contribution in [0.2, 0.25) is 0 Å². The summed E-state index contributed by atoms with van der Waals surface area (Å²) in [6.07, 6.45) is 9.91. The molecule has 1 unspecified atom stereocenters. The molecule has 0 fully saturated rings. The van der Waals surface area contributed by atoms with Gasteiger partial charge >= 0.3 is 0 Å². The van der Waals surface area contributed by atoms with E-state index in [0.717, 1.165) is 40.4 Å². The molecule has 242 valence electrons. The topological polar surface area (TPSA) is 65.1 Å². The van der Waals surface area contributed by atoms with Gasteiger partial charge in [0, 0.05) is 30.4 Å². The fourth-order valence-electron chi connectivity index (χ4n) is 5.33. The molecule has 1 aliphatic heterocycles.